The molecule has 1 aromatic carbocycles. The van der Waals surface area contributed by atoms with Crippen LogP contribution in [0.2, 0.25) is 0 Å². The molecule has 0 unspecified atom stereocenters. The molecule has 1 heterocycles. The van der Waals surface area contributed by atoms with E-state index in [1.54, 1.807) is 12.1 Å². The van der Waals surface area contributed by atoms with Crippen LogP contribution in [0.15, 0.2) is 54.9 Å². The Morgan fingerprint density at radius 2 is 2.00 bits per heavy atom. The summed E-state index contributed by atoms with van der Waals surface area (Å²) < 4.78 is 0.612. The number of para-hydroxylation sites is 1. The standard InChI is InChI=1S/C15H17N3O2/c1-12(17-14-7-3-2-4-8-14)10-16-15(19)13-6-5-9-18(20)11-13/h2-9,11-12,17H,10H2,1H3,(H,16,19)/t12-/m0/s1. The lowest BCUT2D eigenvalue weighted by molar-refractivity contribution is -0.605. The van der Waals surface area contributed by atoms with E-state index in [9.17, 15) is 10.0 Å². The lowest BCUT2D eigenvalue weighted by Crippen LogP contribution is -2.36. The molecular formula is C15H17N3O2. The zero-order valence-corrected chi connectivity index (χ0v) is 11.2. The van der Waals surface area contributed by atoms with Gasteiger partial charge < -0.3 is 15.8 Å². The molecule has 5 heteroatoms. The summed E-state index contributed by atoms with van der Waals surface area (Å²) in [7, 11) is 0. The van der Waals surface area contributed by atoms with E-state index in [2.05, 4.69) is 10.6 Å². The molecule has 1 amide bonds. The van der Waals surface area contributed by atoms with Gasteiger partial charge >= 0.3 is 0 Å². The van der Waals surface area contributed by atoms with Gasteiger partial charge in [0.05, 0.1) is 0 Å². The number of aromatic nitrogens is 1. The molecule has 20 heavy (non-hydrogen) atoms. The van der Waals surface area contributed by atoms with Gasteiger partial charge in [0.25, 0.3) is 5.91 Å². The number of anilines is 1. The predicted octanol–water partition coefficient (Wildman–Crippen LogP) is 1.55. The van der Waals surface area contributed by atoms with Gasteiger partial charge in [-0.15, -0.1) is 0 Å². The molecule has 104 valence electrons. The maximum Gasteiger partial charge on any atom is 0.257 e. The Bertz CT molecular complexity index is 572. The molecule has 1 aromatic heterocycles. The summed E-state index contributed by atoms with van der Waals surface area (Å²) in [5.41, 5.74) is 1.36. The monoisotopic (exact) mass is 271 g/mol. The smallest absolute Gasteiger partial charge is 0.257 e. The number of carbonyl (C=O) groups excluding carboxylic acids is 1. The second-order valence-corrected chi connectivity index (χ2v) is 4.57. The molecular weight excluding hydrogens is 254 g/mol. The second kappa shape index (κ2) is 6.56. The number of rotatable bonds is 5. The van der Waals surface area contributed by atoms with Gasteiger partial charge in [-0.05, 0) is 25.1 Å². The first kappa shape index (κ1) is 13.9. The molecule has 0 aliphatic carbocycles. The summed E-state index contributed by atoms with van der Waals surface area (Å²) in [6.07, 6.45) is 2.60. The zero-order valence-electron chi connectivity index (χ0n) is 11.2. The van der Waals surface area contributed by atoms with Crippen molar-refractivity contribution in [3.05, 3.63) is 65.6 Å². The van der Waals surface area contributed by atoms with Crippen LogP contribution in [0.5, 0.6) is 0 Å². The minimum absolute atomic E-state index is 0.0874. The molecule has 1 atom stereocenters. The maximum atomic E-state index is 11.9. The summed E-state index contributed by atoms with van der Waals surface area (Å²) in [6.45, 7) is 2.45. The number of pyridine rings is 1. The van der Waals surface area contributed by atoms with E-state index in [-0.39, 0.29) is 11.9 Å². The van der Waals surface area contributed by atoms with Gasteiger partial charge in [-0.2, -0.15) is 4.73 Å². The summed E-state index contributed by atoms with van der Waals surface area (Å²) in [6, 6.07) is 13.0. The lowest BCUT2D eigenvalue weighted by atomic mass is 10.2. The summed E-state index contributed by atoms with van der Waals surface area (Å²) >= 11 is 0. The van der Waals surface area contributed by atoms with Gasteiger partial charge in [0.1, 0.15) is 5.56 Å². The fourth-order valence-corrected chi connectivity index (χ4v) is 1.81. The first-order valence-corrected chi connectivity index (χ1v) is 6.44. The van der Waals surface area contributed by atoms with Crippen LogP contribution < -0.4 is 15.4 Å². The van der Waals surface area contributed by atoms with E-state index in [0.29, 0.717) is 16.8 Å². The van der Waals surface area contributed by atoms with Gasteiger partial charge in [-0.1, -0.05) is 18.2 Å². The molecule has 2 aromatic rings. The molecule has 0 saturated heterocycles. The number of carbonyl (C=O) groups is 1. The fraction of sp³-hybridized carbons (Fsp3) is 0.200. The Hall–Kier alpha value is -2.56. The Morgan fingerprint density at radius 3 is 2.70 bits per heavy atom. The Labute approximate surface area is 117 Å². The Balaban J connectivity index is 1.84. The van der Waals surface area contributed by atoms with Crippen LogP contribution in [-0.4, -0.2) is 18.5 Å². The van der Waals surface area contributed by atoms with E-state index in [1.165, 1.54) is 12.4 Å². The van der Waals surface area contributed by atoms with Crippen molar-refractivity contribution < 1.29 is 9.52 Å². The summed E-state index contributed by atoms with van der Waals surface area (Å²) in [4.78, 5) is 11.9. The number of hydrogen-bond acceptors (Lipinski definition) is 3. The van der Waals surface area contributed by atoms with Crippen LogP contribution in [0.3, 0.4) is 0 Å². The zero-order chi connectivity index (χ0) is 14.4. The molecule has 0 fully saturated rings. The van der Waals surface area contributed by atoms with Crippen LogP contribution in [0.4, 0.5) is 5.69 Å². The van der Waals surface area contributed by atoms with Crippen molar-refractivity contribution in [1.29, 1.82) is 0 Å². The van der Waals surface area contributed by atoms with E-state index in [1.807, 2.05) is 37.3 Å². The minimum Gasteiger partial charge on any atom is -0.619 e. The normalized spacial score (nSPS) is 11.7. The SMILES string of the molecule is C[C@@H](CNC(=O)c1ccc[n+]([O-])c1)Nc1ccccc1. The Kier molecular flexibility index (Phi) is 4.55. The van der Waals surface area contributed by atoms with Gasteiger partial charge in [0.15, 0.2) is 12.4 Å². The first-order chi connectivity index (χ1) is 9.65. The van der Waals surface area contributed by atoms with Crippen LogP contribution in [0.1, 0.15) is 17.3 Å². The highest BCUT2D eigenvalue weighted by Crippen LogP contribution is 2.06. The topological polar surface area (TPSA) is 68.1 Å². The third kappa shape index (κ3) is 3.98. The van der Waals surface area contributed by atoms with Crippen molar-refractivity contribution in [3.8, 4) is 0 Å². The lowest BCUT2D eigenvalue weighted by Gasteiger charge is -2.15. The molecule has 0 radical (unpaired) electrons. The highest BCUT2D eigenvalue weighted by Gasteiger charge is 2.10. The highest BCUT2D eigenvalue weighted by atomic mass is 16.5. The fourth-order valence-electron chi connectivity index (χ4n) is 1.81. The largest absolute Gasteiger partial charge is 0.619 e. The van der Waals surface area contributed by atoms with E-state index < -0.39 is 0 Å². The molecule has 0 aliphatic heterocycles. The van der Waals surface area contributed by atoms with Crippen LogP contribution in [0.25, 0.3) is 0 Å². The maximum absolute atomic E-state index is 11.9. The van der Waals surface area contributed by atoms with Gasteiger partial charge in [0, 0.05) is 24.3 Å². The number of nitrogens with one attached hydrogen (secondary N) is 2. The van der Waals surface area contributed by atoms with Crippen molar-refractivity contribution in [2.24, 2.45) is 0 Å². The number of benzene rings is 1. The van der Waals surface area contributed by atoms with Crippen molar-refractivity contribution in [2.75, 3.05) is 11.9 Å². The third-order valence-electron chi connectivity index (χ3n) is 2.79. The third-order valence-corrected chi connectivity index (χ3v) is 2.79. The Morgan fingerprint density at radius 1 is 1.25 bits per heavy atom. The minimum atomic E-state index is -0.253. The molecule has 0 aliphatic rings. The van der Waals surface area contributed by atoms with Crippen molar-refractivity contribution in [3.63, 3.8) is 0 Å². The van der Waals surface area contributed by atoms with Crippen LogP contribution >= 0.6 is 0 Å². The first-order valence-electron chi connectivity index (χ1n) is 6.44. The highest BCUT2D eigenvalue weighted by molar-refractivity contribution is 5.93. The summed E-state index contributed by atoms with van der Waals surface area (Å²) in [5, 5.41) is 17.2. The van der Waals surface area contributed by atoms with Crippen molar-refractivity contribution in [1.82, 2.24) is 5.32 Å². The number of amides is 1. The number of hydrogen-bond donors (Lipinski definition) is 2. The van der Waals surface area contributed by atoms with Crippen LogP contribution in [-0.2, 0) is 0 Å². The number of nitrogens with zero attached hydrogens (tertiary/aromatic N) is 1. The molecule has 0 spiro atoms. The molecule has 0 bridgehead atoms. The van der Waals surface area contributed by atoms with Gasteiger partial charge in [-0.25, -0.2) is 0 Å². The van der Waals surface area contributed by atoms with Crippen molar-refractivity contribution >= 4 is 11.6 Å². The molecule has 2 rings (SSSR count). The molecule has 5 nitrogen and oxygen atoms in total. The van der Waals surface area contributed by atoms with Crippen molar-refractivity contribution in [2.45, 2.75) is 13.0 Å². The average molecular weight is 271 g/mol. The van der Waals surface area contributed by atoms with Crippen LogP contribution in [0, 0.1) is 5.21 Å². The predicted molar refractivity (Wildman–Crippen MR) is 77.3 cm³/mol. The molecule has 2 N–H and O–H groups in total. The van der Waals surface area contributed by atoms with Gasteiger partial charge in [-0.3, -0.25) is 4.79 Å². The van der Waals surface area contributed by atoms with E-state index >= 15 is 0 Å². The second-order valence-electron chi connectivity index (χ2n) is 4.57. The average Bonchev–Trinajstić information content (AvgIpc) is 2.46. The van der Waals surface area contributed by atoms with E-state index in [4.69, 9.17) is 0 Å². The molecule has 0 saturated carbocycles. The summed E-state index contributed by atoms with van der Waals surface area (Å²) in [5.74, 6) is -0.253. The van der Waals surface area contributed by atoms with E-state index in [0.717, 1.165) is 5.69 Å². The quantitative estimate of drug-likeness (QED) is 0.640. The van der Waals surface area contributed by atoms with Gasteiger partial charge in [0.2, 0.25) is 0 Å².